The zero-order chi connectivity index (χ0) is 46.5. The van der Waals surface area contributed by atoms with Crippen molar-refractivity contribution in [2.75, 3.05) is 0 Å². The van der Waals surface area contributed by atoms with Gasteiger partial charge in [0.25, 0.3) is 0 Å². The molecule has 248 valence electrons. The quantitative estimate of drug-likeness (QED) is 0.174. The topological polar surface area (TPSA) is 51.8 Å². The molecule has 0 saturated heterocycles. The van der Waals surface area contributed by atoms with Crippen molar-refractivity contribution in [2.24, 2.45) is 0 Å². The summed E-state index contributed by atoms with van der Waals surface area (Å²) in [5.74, 6) is 0.0831. The van der Waals surface area contributed by atoms with E-state index in [9.17, 15) is 4.11 Å². The number of hydrogen-bond acceptors (Lipinski definition) is 4. The van der Waals surface area contributed by atoms with Gasteiger partial charge in [0, 0.05) is 27.5 Å². The van der Waals surface area contributed by atoms with Crippen LogP contribution in [0.4, 0.5) is 0 Å². The molecule has 0 saturated carbocycles. The van der Waals surface area contributed by atoms with E-state index in [-0.39, 0.29) is 91.0 Å². The molecule has 8 aromatic carbocycles. The molecule has 0 fully saturated rings. The van der Waals surface area contributed by atoms with E-state index in [2.05, 4.69) is 0 Å². The molecule has 2 aromatic heterocycles. The third kappa shape index (κ3) is 5.54. The Morgan fingerprint density at radius 1 is 0.340 bits per heavy atom. The van der Waals surface area contributed by atoms with Crippen LogP contribution in [0.15, 0.2) is 192 Å². The first kappa shape index (κ1) is 20.0. The fraction of sp³-hybridized carbons (Fsp3) is 0. The monoisotopic (exact) mass is 690 g/mol. The highest BCUT2D eigenvalue weighted by molar-refractivity contribution is 6.12. The third-order valence-corrected chi connectivity index (χ3v) is 9.05. The molecule has 0 spiro atoms. The lowest BCUT2D eigenvalue weighted by Gasteiger charge is -2.13. The second-order valence-electron chi connectivity index (χ2n) is 12.2. The number of nitrogens with zero attached hydrogens (tertiary/aromatic N) is 3. The van der Waals surface area contributed by atoms with Crippen LogP contribution in [0.1, 0.15) is 17.8 Å². The Kier molecular flexibility index (Phi) is 4.86. The maximum absolute atomic E-state index is 9.27. The number of para-hydroxylation sites is 1. The molecule has 2 heterocycles. The Hall–Kier alpha value is -7.17. The van der Waals surface area contributed by atoms with E-state index in [0.717, 1.165) is 11.1 Å². The van der Waals surface area contributed by atoms with Crippen molar-refractivity contribution in [3.8, 4) is 67.5 Å². The van der Waals surface area contributed by atoms with Crippen LogP contribution in [-0.4, -0.2) is 15.0 Å². The zero-order valence-electron chi connectivity index (χ0n) is 40.6. The summed E-state index contributed by atoms with van der Waals surface area (Å²) in [7, 11) is 0. The van der Waals surface area contributed by atoms with E-state index < -0.39 is 54.4 Å². The van der Waals surface area contributed by atoms with Crippen molar-refractivity contribution in [1.29, 1.82) is 0 Å². The molecule has 4 heteroatoms. The number of rotatable bonds is 6. The molecular formula is C49H31N3O. The van der Waals surface area contributed by atoms with Gasteiger partial charge >= 0.3 is 0 Å². The van der Waals surface area contributed by atoms with Crippen LogP contribution < -0.4 is 0 Å². The van der Waals surface area contributed by atoms with Crippen LogP contribution in [0.2, 0.25) is 0 Å². The fourth-order valence-electron chi connectivity index (χ4n) is 6.48. The lowest BCUT2D eigenvalue weighted by molar-refractivity contribution is 0.669. The van der Waals surface area contributed by atoms with Gasteiger partial charge in [-0.3, -0.25) is 0 Å². The highest BCUT2D eigenvalue weighted by atomic mass is 16.3. The van der Waals surface area contributed by atoms with Gasteiger partial charge in [-0.05, 0) is 56.2 Å². The summed E-state index contributed by atoms with van der Waals surface area (Å²) in [5.41, 5.74) is 3.47. The van der Waals surface area contributed by atoms with Gasteiger partial charge in [0.1, 0.15) is 11.2 Å². The molecule has 0 aliphatic heterocycles. The average Bonchev–Trinajstić information content (AvgIpc) is 3.75. The standard InChI is InChI=1S/C49H31N3O/c1-3-12-32(13-4-1)33-22-26-36(27-23-33)47-50-48(52-49(51-47)43-19-11-21-45-46(43)42-18-9-10-20-44(42)53-45)37-28-24-35(25-29-37)39-31-30-38(34-14-5-2-6-15-34)40-16-7-8-17-41(39)40/h1-31H/i7D,8D,9D,10D,11D,16D,17D,18D,19D,20D,21D,30D,31D. The molecular weight excluding hydrogens is 647 g/mol. The second kappa shape index (κ2) is 12.9. The summed E-state index contributed by atoms with van der Waals surface area (Å²) in [6.45, 7) is 0. The Balaban J connectivity index is 1.21. The molecule has 0 aliphatic rings. The normalized spacial score (nSPS) is 14.8. The molecule has 0 radical (unpaired) electrons. The Morgan fingerprint density at radius 3 is 1.42 bits per heavy atom. The molecule has 0 unspecified atom stereocenters. The number of aromatic nitrogens is 3. The smallest absolute Gasteiger partial charge is 0.164 e. The van der Waals surface area contributed by atoms with Gasteiger partial charge in [-0.25, -0.2) is 15.0 Å². The van der Waals surface area contributed by atoms with Crippen LogP contribution in [0.3, 0.4) is 0 Å². The van der Waals surface area contributed by atoms with Crippen molar-refractivity contribution in [1.82, 2.24) is 15.0 Å². The molecule has 0 amide bonds. The third-order valence-electron chi connectivity index (χ3n) is 9.05. The number of fused-ring (bicyclic) bond motifs is 4. The largest absolute Gasteiger partial charge is 0.456 e. The van der Waals surface area contributed by atoms with E-state index >= 15 is 0 Å². The number of hydrogen-bond donors (Lipinski definition) is 0. The fourth-order valence-corrected chi connectivity index (χ4v) is 6.48. The van der Waals surface area contributed by atoms with Crippen LogP contribution in [0.25, 0.3) is 100 Å². The highest BCUT2D eigenvalue weighted by Gasteiger charge is 2.18. The summed E-state index contributed by atoms with van der Waals surface area (Å²) in [6, 6.07) is 26.8. The van der Waals surface area contributed by atoms with E-state index in [4.69, 9.17) is 33.1 Å². The van der Waals surface area contributed by atoms with Crippen molar-refractivity contribution < 1.29 is 22.2 Å². The minimum absolute atomic E-state index is 0.0366. The maximum atomic E-state index is 9.27. The average molecular weight is 691 g/mol. The molecule has 10 aromatic rings. The van der Waals surface area contributed by atoms with Gasteiger partial charge in [-0.1, -0.05) is 176 Å². The Morgan fingerprint density at radius 2 is 0.792 bits per heavy atom. The van der Waals surface area contributed by atoms with Gasteiger partial charge in [0.05, 0.1) is 17.8 Å². The van der Waals surface area contributed by atoms with Gasteiger partial charge in [0.2, 0.25) is 0 Å². The first-order valence-electron chi connectivity index (χ1n) is 23.2. The van der Waals surface area contributed by atoms with Crippen molar-refractivity contribution in [2.45, 2.75) is 0 Å². The van der Waals surface area contributed by atoms with E-state index in [1.807, 2.05) is 54.6 Å². The van der Waals surface area contributed by atoms with Gasteiger partial charge in [0.15, 0.2) is 17.5 Å². The predicted octanol–water partition coefficient (Wildman–Crippen LogP) is 12.9. The van der Waals surface area contributed by atoms with E-state index in [1.54, 1.807) is 54.6 Å². The lowest BCUT2D eigenvalue weighted by Crippen LogP contribution is -2.00. The molecule has 0 N–H and O–H groups in total. The van der Waals surface area contributed by atoms with Gasteiger partial charge in [-0.15, -0.1) is 0 Å². The SMILES string of the molecule is [2H]c1c([2H])c([2H])c2c(oc3c([2H])c([2H])c([2H])c(-c4nc(-c5ccc(-c6ccccc6)cc5)nc(-c5ccc(-c6c([2H])c([2H])c(-c7ccccc7)c7c([2H])c([2H])c([2H])c([2H])c67)cc5)n4)c32)c1[2H]. The second-order valence-corrected chi connectivity index (χ2v) is 12.2. The first-order chi connectivity index (χ1) is 31.7. The van der Waals surface area contributed by atoms with E-state index in [1.165, 1.54) is 0 Å². The Labute approximate surface area is 325 Å². The molecule has 53 heavy (non-hydrogen) atoms. The predicted molar refractivity (Wildman–Crippen MR) is 217 cm³/mol. The summed E-state index contributed by atoms with van der Waals surface area (Å²) in [6.07, 6.45) is 0. The molecule has 4 nitrogen and oxygen atoms in total. The number of benzene rings is 8. The lowest BCUT2D eigenvalue weighted by atomic mass is 9.92. The van der Waals surface area contributed by atoms with Crippen molar-refractivity contribution in [3.63, 3.8) is 0 Å². The van der Waals surface area contributed by atoms with Crippen LogP contribution in [0.5, 0.6) is 0 Å². The van der Waals surface area contributed by atoms with Crippen molar-refractivity contribution in [3.05, 3.63) is 188 Å². The van der Waals surface area contributed by atoms with Crippen molar-refractivity contribution >= 4 is 32.7 Å². The number of furan rings is 1. The van der Waals surface area contributed by atoms with Crippen LogP contribution >= 0.6 is 0 Å². The molecule has 0 atom stereocenters. The summed E-state index contributed by atoms with van der Waals surface area (Å²) >= 11 is 0. The first-order valence-corrected chi connectivity index (χ1v) is 16.7. The highest BCUT2D eigenvalue weighted by Crippen LogP contribution is 2.38. The Bertz CT molecular complexity index is 3660. The van der Waals surface area contributed by atoms with Crippen LogP contribution in [0, 0.1) is 0 Å². The van der Waals surface area contributed by atoms with E-state index in [0.29, 0.717) is 22.3 Å². The minimum Gasteiger partial charge on any atom is -0.456 e. The van der Waals surface area contributed by atoms with Gasteiger partial charge in [-0.2, -0.15) is 0 Å². The zero-order valence-corrected chi connectivity index (χ0v) is 27.6. The summed E-state index contributed by atoms with van der Waals surface area (Å²) in [4.78, 5) is 14.5. The summed E-state index contributed by atoms with van der Waals surface area (Å²) < 4.78 is 120. The summed E-state index contributed by atoms with van der Waals surface area (Å²) in [5, 5.41) is 0.0551. The van der Waals surface area contributed by atoms with Gasteiger partial charge < -0.3 is 4.42 Å². The van der Waals surface area contributed by atoms with Crippen LogP contribution in [-0.2, 0) is 0 Å². The molecule has 0 aliphatic carbocycles. The maximum Gasteiger partial charge on any atom is 0.164 e. The molecule has 0 bridgehead atoms. The molecule has 10 rings (SSSR count). The minimum atomic E-state index is -0.559.